The SMILES string of the molecule is CCc1ccc(C(=O)Nc2ccc(F)cc2N)s1. The van der Waals surface area contributed by atoms with E-state index in [1.165, 1.54) is 29.5 Å². The summed E-state index contributed by atoms with van der Waals surface area (Å²) in [6, 6.07) is 7.60. The first-order valence-corrected chi connectivity index (χ1v) is 6.37. The van der Waals surface area contributed by atoms with Crippen molar-refractivity contribution in [1.29, 1.82) is 0 Å². The highest BCUT2D eigenvalue weighted by molar-refractivity contribution is 7.14. The molecule has 0 aliphatic rings. The number of hydrogen-bond donors (Lipinski definition) is 2. The van der Waals surface area contributed by atoms with Crippen LogP contribution in [0.2, 0.25) is 0 Å². The lowest BCUT2D eigenvalue weighted by molar-refractivity contribution is 0.103. The van der Waals surface area contributed by atoms with E-state index < -0.39 is 5.82 Å². The van der Waals surface area contributed by atoms with Crippen LogP contribution in [0.25, 0.3) is 0 Å². The number of amides is 1. The van der Waals surface area contributed by atoms with E-state index >= 15 is 0 Å². The van der Waals surface area contributed by atoms with E-state index in [2.05, 4.69) is 5.32 Å². The van der Waals surface area contributed by atoms with E-state index in [-0.39, 0.29) is 11.6 Å². The monoisotopic (exact) mass is 264 g/mol. The number of anilines is 2. The Balaban J connectivity index is 2.16. The molecular weight excluding hydrogens is 251 g/mol. The van der Waals surface area contributed by atoms with Crippen LogP contribution in [0.1, 0.15) is 21.5 Å². The van der Waals surface area contributed by atoms with Crippen LogP contribution in [0.4, 0.5) is 15.8 Å². The molecule has 0 saturated carbocycles. The van der Waals surface area contributed by atoms with E-state index in [0.29, 0.717) is 10.6 Å². The van der Waals surface area contributed by atoms with Gasteiger partial charge in [0.25, 0.3) is 5.91 Å². The summed E-state index contributed by atoms with van der Waals surface area (Å²) in [5, 5.41) is 2.67. The molecule has 3 nitrogen and oxygen atoms in total. The van der Waals surface area contributed by atoms with Gasteiger partial charge in [-0.2, -0.15) is 0 Å². The van der Waals surface area contributed by atoms with E-state index in [4.69, 9.17) is 5.73 Å². The molecule has 2 rings (SSSR count). The van der Waals surface area contributed by atoms with Gasteiger partial charge in [-0.25, -0.2) is 4.39 Å². The Morgan fingerprint density at radius 2 is 2.17 bits per heavy atom. The Hall–Kier alpha value is -1.88. The summed E-state index contributed by atoms with van der Waals surface area (Å²) >= 11 is 1.44. The first-order chi connectivity index (χ1) is 8.60. The molecule has 0 aliphatic carbocycles. The number of rotatable bonds is 3. The molecule has 0 bridgehead atoms. The minimum atomic E-state index is -0.421. The summed E-state index contributed by atoms with van der Waals surface area (Å²) in [6.45, 7) is 2.03. The van der Waals surface area contributed by atoms with Crippen LogP contribution < -0.4 is 11.1 Å². The smallest absolute Gasteiger partial charge is 0.265 e. The Bertz CT molecular complexity index is 580. The number of thiophene rings is 1. The van der Waals surface area contributed by atoms with Gasteiger partial charge in [0, 0.05) is 4.88 Å². The maximum absolute atomic E-state index is 12.9. The largest absolute Gasteiger partial charge is 0.397 e. The third-order valence-electron chi connectivity index (χ3n) is 2.50. The first kappa shape index (κ1) is 12.6. The van der Waals surface area contributed by atoms with Crippen molar-refractivity contribution < 1.29 is 9.18 Å². The van der Waals surface area contributed by atoms with Crippen molar-refractivity contribution in [3.63, 3.8) is 0 Å². The number of carbonyl (C=O) groups excluding carboxylic acids is 1. The number of nitrogens with one attached hydrogen (secondary N) is 1. The molecule has 1 aromatic carbocycles. The third kappa shape index (κ3) is 2.68. The molecule has 3 N–H and O–H groups in total. The molecule has 1 amide bonds. The summed E-state index contributed by atoms with van der Waals surface area (Å²) in [6.07, 6.45) is 0.899. The number of nitrogen functional groups attached to an aromatic ring is 1. The minimum absolute atomic E-state index is 0.218. The first-order valence-electron chi connectivity index (χ1n) is 5.55. The van der Waals surface area contributed by atoms with Crippen LogP contribution in [-0.4, -0.2) is 5.91 Å². The van der Waals surface area contributed by atoms with Gasteiger partial charge < -0.3 is 11.1 Å². The van der Waals surface area contributed by atoms with Crippen molar-refractivity contribution in [3.8, 4) is 0 Å². The zero-order chi connectivity index (χ0) is 13.1. The second kappa shape index (κ2) is 5.18. The normalized spacial score (nSPS) is 10.3. The number of carbonyl (C=O) groups is 1. The zero-order valence-electron chi connectivity index (χ0n) is 9.87. The van der Waals surface area contributed by atoms with E-state index in [9.17, 15) is 9.18 Å². The van der Waals surface area contributed by atoms with Gasteiger partial charge in [0.15, 0.2) is 0 Å². The summed E-state index contributed by atoms with van der Waals surface area (Å²) in [4.78, 5) is 13.7. The van der Waals surface area contributed by atoms with E-state index in [0.717, 1.165) is 11.3 Å². The van der Waals surface area contributed by atoms with Crippen molar-refractivity contribution in [2.45, 2.75) is 13.3 Å². The highest BCUT2D eigenvalue weighted by Gasteiger charge is 2.10. The van der Waals surface area contributed by atoms with Gasteiger partial charge in [-0.05, 0) is 36.8 Å². The maximum Gasteiger partial charge on any atom is 0.265 e. The number of hydrogen-bond acceptors (Lipinski definition) is 3. The lowest BCUT2D eigenvalue weighted by Gasteiger charge is -2.06. The molecule has 0 saturated heterocycles. The van der Waals surface area contributed by atoms with Crippen LogP contribution in [0.3, 0.4) is 0 Å². The van der Waals surface area contributed by atoms with Crippen LogP contribution in [0.15, 0.2) is 30.3 Å². The summed E-state index contributed by atoms with van der Waals surface area (Å²) in [5.41, 5.74) is 6.27. The lowest BCUT2D eigenvalue weighted by atomic mass is 10.2. The van der Waals surface area contributed by atoms with Crippen LogP contribution >= 0.6 is 11.3 Å². The molecule has 0 atom stereocenters. The Morgan fingerprint density at radius 3 is 2.78 bits per heavy atom. The molecule has 0 aliphatic heterocycles. The van der Waals surface area contributed by atoms with Crippen LogP contribution in [-0.2, 0) is 6.42 Å². The topological polar surface area (TPSA) is 55.1 Å². The van der Waals surface area contributed by atoms with Crippen LogP contribution in [0.5, 0.6) is 0 Å². The predicted octanol–water partition coefficient (Wildman–Crippen LogP) is 3.28. The fourth-order valence-electron chi connectivity index (χ4n) is 1.52. The van der Waals surface area contributed by atoms with Gasteiger partial charge in [0.1, 0.15) is 5.82 Å². The van der Waals surface area contributed by atoms with Gasteiger partial charge in [-0.15, -0.1) is 11.3 Å². The summed E-state index contributed by atoms with van der Waals surface area (Å²) in [5.74, 6) is -0.645. The van der Waals surface area contributed by atoms with Crippen molar-refractivity contribution in [3.05, 3.63) is 45.9 Å². The minimum Gasteiger partial charge on any atom is -0.397 e. The molecule has 0 spiro atoms. The van der Waals surface area contributed by atoms with Crippen molar-refractivity contribution in [2.24, 2.45) is 0 Å². The Labute approximate surface area is 108 Å². The number of nitrogens with two attached hydrogens (primary N) is 1. The predicted molar refractivity (Wildman–Crippen MR) is 72.5 cm³/mol. The Morgan fingerprint density at radius 1 is 1.39 bits per heavy atom. The van der Waals surface area contributed by atoms with Crippen LogP contribution in [0, 0.1) is 5.82 Å². The molecule has 94 valence electrons. The fourth-order valence-corrected chi connectivity index (χ4v) is 2.36. The van der Waals surface area contributed by atoms with Crippen molar-refractivity contribution in [1.82, 2.24) is 0 Å². The van der Waals surface area contributed by atoms with Gasteiger partial charge >= 0.3 is 0 Å². The highest BCUT2D eigenvalue weighted by atomic mass is 32.1. The average Bonchev–Trinajstić information content (AvgIpc) is 2.81. The quantitative estimate of drug-likeness (QED) is 0.836. The molecule has 0 fully saturated rings. The fraction of sp³-hybridized carbons (Fsp3) is 0.154. The zero-order valence-corrected chi connectivity index (χ0v) is 10.7. The second-order valence-electron chi connectivity index (χ2n) is 3.81. The second-order valence-corrected chi connectivity index (χ2v) is 4.97. The number of halogens is 1. The van der Waals surface area contributed by atoms with Gasteiger partial charge in [-0.1, -0.05) is 6.92 Å². The molecule has 0 unspecified atom stereocenters. The number of benzene rings is 1. The Kier molecular flexibility index (Phi) is 3.62. The molecule has 0 radical (unpaired) electrons. The number of aryl methyl sites for hydroxylation is 1. The van der Waals surface area contributed by atoms with Gasteiger partial charge in [-0.3, -0.25) is 4.79 Å². The summed E-state index contributed by atoms with van der Waals surface area (Å²) < 4.78 is 12.9. The standard InChI is InChI=1S/C13H13FN2OS/c1-2-9-4-6-12(18-9)13(17)16-11-5-3-8(14)7-10(11)15/h3-7H,2,15H2,1H3,(H,16,17). The van der Waals surface area contributed by atoms with E-state index in [1.54, 1.807) is 6.07 Å². The molecule has 1 heterocycles. The molecule has 18 heavy (non-hydrogen) atoms. The molecule has 2 aromatic rings. The summed E-state index contributed by atoms with van der Waals surface area (Å²) in [7, 11) is 0. The average molecular weight is 264 g/mol. The van der Waals surface area contributed by atoms with Crippen molar-refractivity contribution >= 4 is 28.6 Å². The van der Waals surface area contributed by atoms with Gasteiger partial charge in [0.05, 0.1) is 16.3 Å². The molecule has 5 heteroatoms. The molecule has 1 aromatic heterocycles. The maximum atomic E-state index is 12.9. The highest BCUT2D eigenvalue weighted by Crippen LogP contribution is 2.22. The molecular formula is C13H13FN2OS. The third-order valence-corrected chi connectivity index (χ3v) is 3.72. The lowest BCUT2D eigenvalue weighted by Crippen LogP contribution is -2.11. The van der Waals surface area contributed by atoms with Crippen molar-refractivity contribution in [2.75, 3.05) is 11.1 Å². The van der Waals surface area contributed by atoms with E-state index in [1.807, 2.05) is 13.0 Å². The van der Waals surface area contributed by atoms with Gasteiger partial charge in [0.2, 0.25) is 0 Å².